The Kier molecular flexibility index (Phi) is 16.2. The lowest BCUT2D eigenvalue weighted by Crippen LogP contribution is -2.37. The van der Waals surface area contributed by atoms with Crippen molar-refractivity contribution in [1.29, 1.82) is 0 Å². The van der Waals surface area contributed by atoms with Crippen molar-refractivity contribution in [3.8, 4) is 5.75 Å². The summed E-state index contributed by atoms with van der Waals surface area (Å²) in [5, 5.41) is 10.2. The molecular weight excluding hydrogens is 1070 g/mol. The SMILES string of the molecule is Cn1c(=O)c2c(ncn2CC(=O)Nc2ccc(OCc3ccccc3)cc2)n(C)c1=O.Cn1c(=O)c2c(ncn2CC(=O)Nc2cccc(C(C)(F)F)c2)n(C)c1=O.Cn1c(=O)c2c(ncn2CC(=O)Nc2nccs2)n(C)c1=O. The molecule has 0 unspecified atom stereocenters. The molecule has 0 aliphatic heterocycles. The van der Waals surface area contributed by atoms with E-state index in [9.17, 15) is 51.9 Å². The number of benzene rings is 3. The third kappa shape index (κ3) is 12.0. The average molecular weight is 1120 g/mol. The van der Waals surface area contributed by atoms with Gasteiger partial charge in [0.1, 0.15) is 32.0 Å². The number of alkyl halides is 2. The van der Waals surface area contributed by atoms with Gasteiger partial charge in [0.05, 0.1) is 19.0 Å². The third-order valence-corrected chi connectivity index (χ3v) is 13.0. The van der Waals surface area contributed by atoms with Crippen molar-refractivity contribution in [3.63, 3.8) is 0 Å². The Morgan fingerprint density at radius 3 is 1.40 bits per heavy atom. The molecule has 10 aromatic rings. The van der Waals surface area contributed by atoms with Crippen LogP contribution in [0.5, 0.6) is 5.75 Å². The summed E-state index contributed by atoms with van der Waals surface area (Å²) in [5.74, 6) is -3.52. The van der Waals surface area contributed by atoms with Crippen molar-refractivity contribution in [2.24, 2.45) is 42.3 Å². The molecule has 3 aromatic carbocycles. The van der Waals surface area contributed by atoms with Crippen molar-refractivity contribution >= 4 is 79.1 Å². The van der Waals surface area contributed by atoms with Crippen LogP contribution in [-0.2, 0) is 88.8 Å². The zero-order chi connectivity index (χ0) is 57.7. The van der Waals surface area contributed by atoms with Gasteiger partial charge in [-0.15, -0.1) is 11.3 Å². The first-order valence-electron chi connectivity index (χ1n) is 23.9. The van der Waals surface area contributed by atoms with Crippen LogP contribution in [-0.4, -0.2) is 78.8 Å². The van der Waals surface area contributed by atoms with Crippen LogP contribution >= 0.6 is 11.3 Å². The summed E-state index contributed by atoms with van der Waals surface area (Å²) >= 11 is 1.30. The molecule has 7 aromatic heterocycles. The lowest BCUT2D eigenvalue weighted by atomic mass is 10.1. The van der Waals surface area contributed by atoms with E-state index in [0.29, 0.717) is 23.2 Å². The van der Waals surface area contributed by atoms with Crippen molar-refractivity contribution in [2.75, 3.05) is 16.0 Å². The first-order chi connectivity index (χ1) is 38.0. The van der Waals surface area contributed by atoms with Gasteiger partial charge in [-0.25, -0.2) is 43.1 Å². The Bertz CT molecular complexity index is 4350. The number of imidazole rings is 3. The third-order valence-electron chi connectivity index (χ3n) is 12.3. The fraction of sp³-hybridized carbons (Fsp3) is 0.235. The van der Waals surface area contributed by atoms with Crippen molar-refractivity contribution in [2.45, 2.75) is 39.1 Å². The summed E-state index contributed by atoms with van der Waals surface area (Å²) in [6, 6.07) is 22.2. The largest absolute Gasteiger partial charge is 0.489 e. The smallest absolute Gasteiger partial charge is 0.332 e. The van der Waals surface area contributed by atoms with Gasteiger partial charge in [-0.3, -0.25) is 56.2 Å². The van der Waals surface area contributed by atoms with Gasteiger partial charge < -0.3 is 34.4 Å². The molecule has 10 rings (SSSR count). The van der Waals surface area contributed by atoms with Crippen LogP contribution in [0.1, 0.15) is 18.1 Å². The maximum absolute atomic E-state index is 13.4. The number of anilines is 3. The molecule has 0 atom stereocenters. The average Bonchev–Trinajstić information content (AvgIpc) is 4.36. The maximum atomic E-state index is 13.4. The Morgan fingerprint density at radius 1 is 0.537 bits per heavy atom. The molecule has 7 heterocycles. The van der Waals surface area contributed by atoms with Gasteiger partial charge >= 0.3 is 17.1 Å². The van der Waals surface area contributed by atoms with E-state index >= 15 is 0 Å². The van der Waals surface area contributed by atoms with E-state index in [1.807, 2.05) is 30.3 Å². The van der Waals surface area contributed by atoms with Crippen LogP contribution in [0.25, 0.3) is 33.5 Å². The first-order valence-corrected chi connectivity index (χ1v) is 24.8. The minimum Gasteiger partial charge on any atom is -0.489 e. The highest BCUT2D eigenvalue weighted by Crippen LogP contribution is 2.28. The lowest BCUT2D eigenvalue weighted by molar-refractivity contribution is -0.117. The molecule has 0 saturated carbocycles. The monoisotopic (exact) mass is 1120 g/mol. The van der Waals surface area contributed by atoms with Crippen molar-refractivity contribution in [3.05, 3.63) is 183 Å². The Balaban J connectivity index is 0.000000160. The summed E-state index contributed by atoms with van der Waals surface area (Å²) in [5.41, 5.74) is -0.228. The van der Waals surface area contributed by atoms with E-state index in [1.54, 1.807) is 35.8 Å². The highest BCUT2D eigenvalue weighted by atomic mass is 32.1. The fourth-order valence-corrected chi connectivity index (χ4v) is 8.65. The number of nitrogens with one attached hydrogen (secondary N) is 3. The quantitative estimate of drug-likeness (QED) is 0.149. The summed E-state index contributed by atoms with van der Waals surface area (Å²) in [4.78, 5) is 126. The maximum Gasteiger partial charge on any atom is 0.332 e. The standard InChI is InChI=1S/C22H21N5O4.C17H17F2N5O3.C12H12N6O3S/c1-25-20-19(21(29)26(2)22(25)30)27(14-23-20)12-18(28)24-16-8-10-17(11-9-16)31-13-15-6-4-3-5-7-15;1-17(18,19)10-5-4-6-11(7-10)21-12(25)8-24-9-20-14-13(24)15(26)23(3)16(27)22(14)2;1-16-9-8(10(20)17(2)12(16)21)18(6-14-9)5-7(19)15-11-13-3-4-22-11/h3-11,14H,12-13H2,1-2H3,(H,24,28);4-7,9H,8H2,1-3H3,(H,21,25);3-4,6H,5H2,1-2H3,(H,13,15,19). The molecule has 0 aliphatic carbocycles. The van der Waals surface area contributed by atoms with E-state index in [2.05, 4.69) is 35.9 Å². The van der Waals surface area contributed by atoms with Crippen LogP contribution in [0.15, 0.2) is 138 Å². The zero-order valence-electron chi connectivity index (χ0n) is 43.8. The van der Waals surface area contributed by atoms with Gasteiger partial charge in [0.2, 0.25) is 17.7 Å². The number of hydrogen-bond acceptors (Lipinski definition) is 15. The van der Waals surface area contributed by atoms with Crippen LogP contribution in [0.3, 0.4) is 0 Å². The molecule has 3 amide bonds. The van der Waals surface area contributed by atoms with Crippen LogP contribution in [0, 0.1) is 0 Å². The van der Waals surface area contributed by atoms with Gasteiger partial charge in [-0.05, 0) is 42.0 Å². The second-order valence-electron chi connectivity index (χ2n) is 18.0. The van der Waals surface area contributed by atoms with Gasteiger partial charge in [0, 0.05) is 77.7 Å². The normalized spacial score (nSPS) is 11.2. The van der Waals surface area contributed by atoms with Gasteiger partial charge in [0.15, 0.2) is 38.6 Å². The molecule has 0 aliphatic rings. The number of nitrogens with zero attached hydrogens (tertiary/aromatic N) is 13. The predicted molar refractivity (Wildman–Crippen MR) is 292 cm³/mol. The molecule has 414 valence electrons. The highest BCUT2D eigenvalue weighted by Gasteiger charge is 2.25. The molecule has 0 bridgehead atoms. The predicted octanol–water partition coefficient (Wildman–Crippen LogP) is 2.36. The topological polar surface area (TPSA) is 295 Å². The second-order valence-corrected chi connectivity index (χ2v) is 18.9. The summed E-state index contributed by atoms with van der Waals surface area (Å²) < 4.78 is 43.4. The molecule has 0 fully saturated rings. The first kappa shape index (κ1) is 56.0. The van der Waals surface area contributed by atoms with Crippen LogP contribution < -0.4 is 54.4 Å². The van der Waals surface area contributed by atoms with E-state index in [1.165, 1.54) is 124 Å². The fourth-order valence-electron chi connectivity index (χ4n) is 8.11. The molecule has 3 N–H and O–H groups in total. The number of aromatic nitrogens is 13. The van der Waals surface area contributed by atoms with Crippen LogP contribution in [0.4, 0.5) is 25.3 Å². The summed E-state index contributed by atoms with van der Waals surface area (Å²) in [6.45, 7) is 0.750. The zero-order valence-corrected chi connectivity index (χ0v) is 44.6. The Labute approximate surface area is 452 Å². The van der Waals surface area contributed by atoms with E-state index < -0.39 is 45.6 Å². The number of carbonyl (C=O) groups is 3. The molecule has 0 spiro atoms. The number of aryl methyl sites for hydroxylation is 3. The highest BCUT2D eigenvalue weighted by molar-refractivity contribution is 7.13. The molecule has 26 nitrogen and oxygen atoms in total. The molecule has 0 saturated heterocycles. The second kappa shape index (κ2) is 23.2. The number of hydrogen-bond donors (Lipinski definition) is 3. The summed E-state index contributed by atoms with van der Waals surface area (Å²) in [7, 11) is 8.63. The van der Waals surface area contributed by atoms with Gasteiger partial charge in [-0.1, -0.05) is 42.5 Å². The number of carbonyl (C=O) groups excluding carboxylic acids is 3. The Morgan fingerprint density at radius 2 is 0.975 bits per heavy atom. The van der Waals surface area contributed by atoms with E-state index in [4.69, 9.17) is 4.74 Å². The van der Waals surface area contributed by atoms with Crippen LogP contribution in [0.2, 0.25) is 0 Å². The molecular formula is C51H50F2N16O10S. The molecule has 29 heteroatoms. The molecule has 0 radical (unpaired) electrons. The number of halogens is 2. The number of amides is 3. The number of thiazole rings is 1. The van der Waals surface area contributed by atoms with Crippen molar-refractivity contribution in [1.82, 2.24) is 61.0 Å². The minimum atomic E-state index is -3.03. The minimum absolute atomic E-state index is 0.0937. The number of rotatable bonds is 13. The lowest BCUT2D eigenvalue weighted by Gasteiger charge is -2.13. The van der Waals surface area contributed by atoms with Gasteiger partial charge in [-0.2, -0.15) is 0 Å². The van der Waals surface area contributed by atoms with E-state index in [0.717, 1.165) is 26.2 Å². The number of ether oxygens (including phenoxy) is 1. The number of fused-ring (bicyclic) bond motifs is 3. The van der Waals surface area contributed by atoms with Crippen molar-refractivity contribution < 1.29 is 27.9 Å². The molecule has 80 heavy (non-hydrogen) atoms. The summed E-state index contributed by atoms with van der Waals surface area (Å²) in [6.07, 6.45) is 5.61. The van der Waals surface area contributed by atoms with Gasteiger partial charge in [0.25, 0.3) is 22.6 Å². The van der Waals surface area contributed by atoms with E-state index in [-0.39, 0.29) is 76.2 Å². The Hall–Kier alpha value is -10.2.